The normalized spacial score (nSPS) is 10.5. The summed E-state index contributed by atoms with van der Waals surface area (Å²) in [6.07, 6.45) is 3.45. The van der Waals surface area contributed by atoms with Gasteiger partial charge in [-0.3, -0.25) is 4.68 Å². The summed E-state index contributed by atoms with van der Waals surface area (Å²) in [4.78, 5) is 0. The highest BCUT2D eigenvalue weighted by Crippen LogP contribution is 2.16. The maximum absolute atomic E-state index is 13.5. The number of hydrogen-bond donors (Lipinski definition) is 2. The maximum atomic E-state index is 13.5. The summed E-state index contributed by atoms with van der Waals surface area (Å²) in [5.41, 5.74) is 0.997. The van der Waals surface area contributed by atoms with Crippen LogP contribution in [0.5, 0.6) is 5.75 Å². The molecule has 1 aromatic carbocycles. The topological polar surface area (TPSA) is 67.5 Å². The number of nitrogens with zero attached hydrogens (tertiary/aromatic N) is 2. The van der Waals surface area contributed by atoms with Crippen molar-refractivity contribution in [2.24, 2.45) is 0 Å². The summed E-state index contributed by atoms with van der Waals surface area (Å²) in [5.74, 6) is -0.567. The van der Waals surface area contributed by atoms with Crippen molar-refractivity contribution in [3.05, 3.63) is 42.0 Å². The molecule has 0 fully saturated rings. The average molecular weight is 264 g/mol. The van der Waals surface area contributed by atoms with Gasteiger partial charge >= 0.3 is 7.12 Å². The molecule has 0 aliphatic rings. The third-order valence-corrected chi connectivity index (χ3v) is 2.66. The first-order valence-electron chi connectivity index (χ1n) is 5.90. The van der Waals surface area contributed by atoms with Crippen LogP contribution in [0.3, 0.4) is 0 Å². The van der Waals surface area contributed by atoms with Crippen LogP contribution in [-0.4, -0.2) is 26.9 Å². The fraction of sp³-hybridized carbons (Fsp3) is 0.250. The highest BCUT2D eigenvalue weighted by molar-refractivity contribution is 6.58. The van der Waals surface area contributed by atoms with Crippen LogP contribution in [-0.2, 0) is 13.2 Å². The van der Waals surface area contributed by atoms with Crippen molar-refractivity contribution in [1.29, 1.82) is 0 Å². The minimum atomic E-state index is -1.65. The van der Waals surface area contributed by atoms with Gasteiger partial charge in [-0.2, -0.15) is 5.10 Å². The van der Waals surface area contributed by atoms with Crippen LogP contribution >= 0.6 is 0 Å². The van der Waals surface area contributed by atoms with E-state index in [1.165, 1.54) is 12.1 Å². The molecule has 0 aliphatic carbocycles. The first kappa shape index (κ1) is 13.6. The first-order chi connectivity index (χ1) is 9.10. The van der Waals surface area contributed by atoms with E-state index in [2.05, 4.69) is 5.10 Å². The predicted octanol–water partition coefficient (Wildman–Crippen LogP) is 0.301. The molecule has 100 valence electrons. The molecule has 1 heterocycles. The number of aryl methyl sites for hydroxylation is 1. The standard InChI is InChI=1S/C12H14BFN2O3/c1-2-16-7-9(6-15-16)8-19-12-5-10(13(17)18)3-4-11(12)14/h3-7,17-18H,2,8H2,1H3. The Bertz CT molecular complexity index is 560. The molecule has 0 unspecified atom stereocenters. The minimum Gasteiger partial charge on any atom is -0.486 e. The molecule has 0 saturated carbocycles. The summed E-state index contributed by atoms with van der Waals surface area (Å²) in [6, 6.07) is 3.70. The van der Waals surface area contributed by atoms with Crippen LogP contribution in [0.1, 0.15) is 12.5 Å². The molecule has 1 aromatic heterocycles. The van der Waals surface area contributed by atoms with Gasteiger partial charge in [0, 0.05) is 18.3 Å². The van der Waals surface area contributed by atoms with Crippen molar-refractivity contribution in [2.45, 2.75) is 20.1 Å². The second-order valence-corrected chi connectivity index (χ2v) is 4.06. The van der Waals surface area contributed by atoms with Gasteiger partial charge in [0.1, 0.15) is 6.61 Å². The lowest BCUT2D eigenvalue weighted by atomic mass is 9.80. The predicted molar refractivity (Wildman–Crippen MR) is 68.5 cm³/mol. The van der Waals surface area contributed by atoms with Crippen LogP contribution in [0, 0.1) is 5.82 Å². The molecule has 0 bridgehead atoms. The van der Waals surface area contributed by atoms with E-state index in [1.807, 2.05) is 13.1 Å². The van der Waals surface area contributed by atoms with Crippen molar-refractivity contribution in [2.75, 3.05) is 0 Å². The lowest BCUT2D eigenvalue weighted by Gasteiger charge is -2.08. The van der Waals surface area contributed by atoms with Crippen LogP contribution in [0.2, 0.25) is 0 Å². The number of ether oxygens (including phenoxy) is 1. The van der Waals surface area contributed by atoms with Gasteiger partial charge in [-0.15, -0.1) is 0 Å². The van der Waals surface area contributed by atoms with E-state index >= 15 is 0 Å². The van der Waals surface area contributed by atoms with Crippen LogP contribution in [0.4, 0.5) is 4.39 Å². The summed E-state index contributed by atoms with van der Waals surface area (Å²) >= 11 is 0. The Hall–Kier alpha value is -1.86. The minimum absolute atomic E-state index is 0.0187. The number of hydrogen-bond acceptors (Lipinski definition) is 4. The SMILES string of the molecule is CCn1cc(COc2cc(B(O)O)ccc2F)cn1. The zero-order chi connectivity index (χ0) is 13.8. The molecular formula is C12H14BFN2O3. The zero-order valence-corrected chi connectivity index (χ0v) is 10.5. The fourth-order valence-corrected chi connectivity index (χ4v) is 1.61. The Morgan fingerprint density at radius 2 is 2.21 bits per heavy atom. The van der Waals surface area contributed by atoms with Crippen molar-refractivity contribution in [3.8, 4) is 5.75 Å². The van der Waals surface area contributed by atoms with Gasteiger partial charge in [0.05, 0.1) is 6.20 Å². The second kappa shape index (κ2) is 5.86. The molecule has 2 rings (SSSR count). The van der Waals surface area contributed by atoms with Crippen molar-refractivity contribution < 1.29 is 19.2 Å². The molecule has 2 N–H and O–H groups in total. The Kier molecular flexibility index (Phi) is 4.18. The number of rotatable bonds is 5. The van der Waals surface area contributed by atoms with E-state index in [9.17, 15) is 4.39 Å². The Labute approximate surface area is 110 Å². The third kappa shape index (κ3) is 3.33. The molecule has 0 atom stereocenters. The number of aromatic nitrogens is 2. The fourth-order valence-electron chi connectivity index (χ4n) is 1.61. The van der Waals surface area contributed by atoms with E-state index in [-0.39, 0.29) is 17.8 Å². The van der Waals surface area contributed by atoms with Gasteiger partial charge in [0.15, 0.2) is 11.6 Å². The smallest absolute Gasteiger partial charge is 0.486 e. The maximum Gasteiger partial charge on any atom is 0.488 e. The molecule has 19 heavy (non-hydrogen) atoms. The van der Waals surface area contributed by atoms with Gasteiger partial charge in [0.2, 0.25) is 0 Å². The van der Waals surface area contributed by atoms with Crippen LogP contribution < -0.4 is 10.2 Å². The molecule has 0 amide bonds. The number of benzene rings is 1. The average Bonchev–Trinajstić information content (AvgIpc) is 2.85. The van der Waals surface area contributed by atoms with Gasteiger partial charge in [-0.1, -0.05) is 6.07 Å². The Morgan fingerprint density at radius 1 is 1.42 bits per heavy atom. The van der Waals surface area contributed by atoms with E-state index in [0.717, 1.165) is 18.2 Å². The summed E-state index contributed by atoms with van der Waals surface area (Å²) in [5, 5.41) is 22.1. The van der Waals surface area contributed by atoms with Crippen LogP contribution in [0.15, 0.2) is 30.6 Å². The van der Waals surface area contributed by atoms with E-state index < -0.39 is 12.9 Å². The van der Waals surface area contributed by atoms with Crippen molar-refractivity contribution in [1.82, 2.24) is 9.78 Å². The summed E-state index contributed by atoms with van der Waals surface area (Å²) in [6.45, 7) is 2.88. The van der Waals surface area contributed by atoms with Gasteiger partial charge < -0.3 is 14.8 Å². The van der Waals surface area contributed by atoms with Crippen molar-refractivity contribution >= 4 is 12.6 Å². The summed E-state index contributed by atoms with van der Waals surface area (Å²) in [7, 11) is -1.65. The molecular weight excluding hydrogens is 250 g/mol. The number of halogens is 1. The Morgan fingerprint density at radius 3 is 2.84 bits per heavy atom. The summed E-state index contributed by atoms with van der Waals surface area (Å²) < 4.78 is 20.6. The molecule has 7 heteroatoms. The zero-order valence-electron chi connectivity index (χ0n) is 10.5. The molecule has 0 saturated heterocycles. The molecule has 0 spiro atoms. The lowest BCUT2D eigenvalue weighted by Crippen LogP contribution is -2.29. The van der Waals surface area contributed by atoms with Gasteiger partial charge in [-0.25, -0.2) is 4.39 Å². The van der Waals surface area contributed by atoms with E-state index in [4.69, 9.17) is 14.8 Å². The highest BCUT2D eigenvalue weighted by atomic mass is 19.1. The highest BCUT2D eigenvalue weighted by Gasteiger charge is 2.14. The van der Waals surface area contributed by atoms with Gasteiger partial charge in [-0.05, 0) is 24.5 Å². The molecule has 2 aromatic rings. The van der Waals surface area contributed by atoms with E-state index in [0.29, 0.717) is 0 Å². The quantitative estimate of drug-likeness (QED) is 0.762. The first-order valence-corrected chi connectivity index (χ1v) is 5.90. The molecule has 0 radical (unpaired) electrons. The molecule has 0 aliphatic heterocycles. The van der Waals surface area contributed by atoms with E-state index in [1.54, 1.807) is 10.9 Å². The van der Waals surface area contributed by atoms with Crippen molar-refractivity contribution in [3.63, 3.8) is 0 Å². The lowest BCUT2D eigenvalue weighted by molar-refractivity contribution is 0.290. The molecule has 5 nitrogen and oxygen atoms in total. The van der Waals surface area contributed by atoms with Gasteiger partial charge in [0.25, 0.3) is 0 Å². The monoisotopic (exact) mass is 264 g/mol. The third-order valence-electron chi connectivity index (χ3n) is 2.66. The Balaban J connectivity index is 2.08. The largest absolute Gasteiger partial charge is 0.488 e. The van der Waals surface area contributed by atoms with Crippen LogP contribution in [0.25, 0.3) is 0 Å². The second-order valence-electron chi connectivity index (χ2n) is 4.06.